The Labute approximate surface area is 171 Å². The summed E-state index contributed by atoms with van der Waals surface area (Å²) in [5.74, 6) is 1.75. The van der Waals surface area contributed by atoms with Gasteiger partial charge in [-0.05, 0) is 60.9 Å². The highest BCUT2D eigenvalue weighted by atomic mass is 16.5. The quantitative estimate of drug-likeness (QED) is 0.829. The van der Waals surface area contributed by atoms with Gasteiger partial charge in [0.2, 0.25) is 17.7 Å². The van der Waals surface area contributed by atoms with Crippen LogP contribution in [-0.4, -0.2) is 29.9 Å². The predicted octanol–water partition coefficient (Wildman–Crippen LogP) is 2.78. The van der Waals surface area contributed by atoms with Crippen LogP contribution in [0.5, 0.6) is 5.88 Å². The van der Waals surface area contributed by atoms with Gasteiger partial charge < -0.3 is 21.1 Å². The normalized spacial score (nSPS) is 20.2. The molecular weight excluding hydrogens is 368 g/mol. The van der Waals surface area contributed by atoms with Crippen molar-refractivity contribution in [2.24, 2.45) is 17.6 Å². The lowest BCUT2D eigenvalue weighted by molar-refractivity contribution is -0.117. The molecule has 1 aliphatic heterocycles. The lowest BCUT2D eigenvalue weighted by atomic mass is 9.83. The highest BCUT2D eigenvalue weighted by Crippen LogP contribution is 2.45. The summed E-state index contributed by atoms with van der Waals surface area (Å²) < 4.78 is 4.80. The molecular formula is C22H28N4O3. The molecule has 2 amide bonds. The second-order valence-corrected chi connectivity index (χ2v) is 7.71. The highest BCUT2D eigenvalue weighted by Gasteiger charge is 2.43. The maximum Gasteiger partial charge on any atom is 0.248 e. The summed E-state index contributed by atoms with van der Waals surface area (Å²) in [6.07, 6.45) is 3.34. The van der Waals surface area contributed by atoms with E-state index in [0.29, 0.717) is 35.1 Å². The number of primary amides is 1. The summed E-state index contributed by atoms with van der Waals surface area (Å²) in [6.45, 7) is 3.82. The average molecular weight is 396 g/mol. The zero-order valence-electron chi connectivity index (χ0n) is 17.1. The maximum atomic E-state index is 12.1. The second kappa shape index (κ2) is 8.51. The molecule has 0 spiro atoms. The van der Waals surface area contributed by atoms with Crippen LogP contribution in [0.3, 0.4) is 0 Å². The van der Waals surface area contributed by atoms with E-state index in [-0.39, 0.29) is 5.91 Å². The summed E-state index contributed by atoms with van der Waals surface area (Å²) in [7, 11) is 1.56. The monoisotopic (exact) mass is 396 g/mol. The standard InChI is InChI=1S/C16H20N2O2.C6H8N2O/c1-9-7-13-8-12(16(17)20)5-6-14(13)18(10(2)19)15(9)11-3-4-11;1-9-6-4-2-3-5(7)8-6/h5-6,8-9,11,15H,3-4,7H2,1-2H3,(H2,17,20);2-4H,1H3,(H2,7,8)/t9?,15-;/m1./s1. The molecule has 1 aliphatic carbocycles. The van der Waals surface area contributed by atoms with Crippen LogP contribution < -0.4 is 21.1 Å². The molecule has 7 nitrogen and oxygen atoms in total. The fourth-order valence-corrected chi connectivity index (χ4v) is 4.06. The molecule has 1 aromatic heterocycles. The van der Waals surface area contributed by atoms with E-state index >= 15 is 0 Å². The number of pyridine rings is 1. The Bertz CT molecular complexity index is 911. The number of aromatic nitrogens is 1. The molecule has 0 saturated heterocycles. The lowest BCUT2D eigenvalue weighted by Gasteiger charge is -2.41. The average Bonchev–Trinajstić information content (AvgIpc) is 3.51. The molecule has 1 unspecified atom stereocenters. The van der Waals surface area contributed by atoms with E-state index in [2.05, 4.69) is 11.9 Å². The molecule has 0 bridgehead atoms. The van der Waals surface area contributed by atoms with Gasteiger partial charge in [0, 0.05) is 30.3 Å². The Kier molecular flexibility index (Phi) is 6.06. The summed E-state index contributed by atoms with van der Waals surface area (Å²) in [4.78, 5) is 29.2. The van der Waals surface area contributed by atoms with E-state index in [1.54, 1.807) is 38.3 Å². The molecule has 29 heavy (non-hydrogen) atoms. The van der Waals surface area contributed by atoms with Crippen molar-refractivity contribution in [1.29, 1.82) is 0 Å². The number of fused-ring (bicyclic) bond motifs is 1. The molecule has 2 aliphatic rings. The largest absolute Gasteiger partial charge is 0.481 e. The summed E-state index contributed by atoms with van der Waals surface area (Å²) >= 11 is 0. The number of nitrogens with zero attached hydrogens (tertiary/aromatic N) is 2. The van der Waals surface area contributed by atoms with E-state index in [4.69, 9.17) is 16.2 Å². The summed E-state index contributed by atoms with van der Waals surface area (Å²) in [5, 5.41) is 0. The first-order valence-electron chi connectivity index (χ1n) is 9.80. The number of anilines is 2. The van der Waals surface area contributed by atoms with Crippen LogP contribution >= 0.6 is 0 Å². The smallest absolute Gasteiger partial charge is 0.248 e. The Morgan fingerprint density at radius 1 is 1.21 bits per heavy atom. The number of carbonyl (C=O) groups is 2. The first kappa shape index (κ1) is 20.6. The van der Waals surface area contributed by atoms with Crippen LogP contribution in [0.4, 0.5) is 11.5 Å². The maximum absolute atomic E-state index is 12.1. The number of amides is 2. The molecule has 1 fully saturated rings. The fraction of sp³-hybridized carbons (Fsp3) is 0.409. The number of methoxy groups -OCH3 is 1. The zero-order chi connectivity index (χ0) is 21.1. The van der Waals surface area contributed by atoms with E-state index < -0.39 is 5.91 Å². The Morgan fingerprint density at radius 3 is 2.45 bits per heavy atom. The first-order chi connectivity index (χ1) is 13.8. The number of hydrogen-bond acceptors (Lipinski definition) is 5. The summed E-state index contributed by atoms with van der Waals surface area (Å²) in [5.41, 5.74) is 13.2. The van der Waals surface area contributed by atoms with Crippen molar-refractivity contribution in [3.05, 3.63) is 47.5 Å². The third kappa shape index (κ3) is 4.67. The van der Waals surface area contributed by atoms with Crippen molar-refractivity contribution in [3.63, 3.8) is 0 Å². The number of carbonyl (C=O) groups excluding carboxylic acids is 2. The molecule has 7 heteroatoms. The van der Waals surface area contributed by atoms with Crippen LogP contribution in [-0.2, 0) is 11.2 Å². The minimum Gasteiger partial charge on any atom is -0.481 e. The van der Waals surface area contributed by atoms with E-state index in [1.807, 2.05) is 17.0 Å². The summed E-state index contributed by atoms with van der Waals surface area (Å²) in [6, 6.07) is 11.0. The minimum atomic E-state index is -0.417. The van der Waals surface area contributed by atoms with Gasteiger partial charge in [0.15, 0.2) is 0 Å². The highest BCUT2D eigenvalue weighted by molar-refractivity contribution is 5.97. The molecule has 1 saturated carbocycles. The lowest BCUT2D eigenvalue weighted by Crippen LogP contribution is -2.48. The predicted molar refractivity (Wildman–Crippen MR) is 113 cm³/mol. The van der Waals surface area contributed by atoms with Gasteiger partial charge in [-0.3, -0.25) is 9.59 Å². The van der Waals surface area contributed by atoms with Gasteiger partial charge in [0.05, 0.1) is 7.11 Å². The van der Waals surface area contributed by atoms with Crippen LogP contribution in [0.25, 0.3) is 0 Å². The molecule has 0 radical (unpaired) electrons. The Morgan fingerprint density at radius 2 is 1.93 bits per heavy atom. The van der Waals surface area contributed by atoms with Crippen LogP contribution in [0.1, 0.15) is 42.6 Å². The van der Waals surface area contributed by atoms with Crippen molar-refractivity contribution in [2.75, 3.05) is 17.7 Å². The van der Waals surface area contributed by atoms with Crippen LogP contribution in [0.2, 0.25) is 0 Å². The van der Waals surface area contributed by atoms with Crippen molar-refractivity contribution in [2.45, 2.75) is 39.2 Å². The first-order valence-corrected chi connectivity index (χ1v) is 9.80. The van der Waals surface area contributed by atoms with Crippen molar-refractivity contribution >= 4 is 23.3 Å². The van der Waals surface area contributed by atoms with Crippen molar-refractivity contribution in [1.82, 2.24) is 4.98 Å². The topological polar surface area (TPSA) is 112 Å². The van der Waals surface area contributed by atoms with Crippen LogP contribution in [0, 0.1) is 11.8 Å². The van der Waals surface area contributed by atoms with E-state index in [0.717, 1.165) is 17.7 Å². The number of ether oxygens (including phenoxy) is 1. The second-order valence-electron chi connectivity index (χ2n) is 7.71. The number of benzene rings is 1. The van der Waals surface area contributed by atoms with Crippen molar-refractivity contribution < 1.29 is 14.3 Å². The number of nitrogen functional groups attached to an aromatic ring is 1. The Hall–Kier alpha value is -3.09. The van der Waals surface area contributed by atoms with Gasteiger partial charge in [0.25, 0.3) is 0 Å². The third-order valence-corrected chi connectivity index (χ3v) is 5.45. The third-order valence-electron chi connectivity index (χ3n) is 5.45. The fourth-order valence-electron chi connectivity index (χ4n) is 4.06. The van der Waals surface area contributed by atoms with E-state index in [1.165, 1.54) is 12.8 Å². The van der Waals surface area contributed by atoms with Gasteiger partial charge in [-0.25, -0.2) is 0 Å². The van der Waals surface area contributed by atoms with Crippen LogP contribution in [0.15, 0.2) is 36.4 Å². The van der Waals surface area contributed by atoms with E-state index in [9.17, 15) is 9.59 Å². The number of nitrogens with two attached hydrogens (primary N) is 2. The number of rotatable bonds is 3. The molecule has 1 aromatic carbocycles. The van der Waals surface area contributed by atoms with Gasteiger partial charge in [-0.2, -0.15) is 4.98 Å². The molecule has 2 atom stereocenters. The Balaban J connectivity index is 0.000000224. The molecule has 4 N–H and O–H groups in total. The van der Waals surface area contributed by atoms with Gasteiger partial charge >= 0.3 is 0 Å². The zero-order valence-corrected chi connectivity index (χ0v) is 17.1. The SMILES string of the molecule is CC(=O)N1c2ccc(C(N)=O)cc2CC(C)[C@@H]1C1CC1.COc1cccc(N)n1. The number of hydrogen-bond donors (Lipinski definition) is 2. The molecule has 154 valence electrons. The van der Waals surface area contributed by atoms with Gasteiger partial charge in [-0.1, -0.05) is 13.0 Å². The molecule has 2 aromatic rings. The molecule has 4 rings (SSSR count). The van der Waals surface area contributed by atoms with Gasteiger partial charge in [-0.15, -0.1) is 0 Å². The molecule has 2 heterocycles. The van der Waals surface area contributed by atoms with Gasteiger partial charge in [0.1, 0.15) is 5.82 Å². The minimum absolute atomic E-state index is 0.0847. The van der Waals surface area contributed by atoms with Crippen molar-refractivity contribution in [3.8, 4) is 5.88 Å².